The van der Waals surface area contributed by atoms with E-state index in [2.05, 4.69) is 73.3 Å². The van der Waals surface area contributed by atoms with Gasteiger partial charge in [-0.2, -0.15) is 0 Å². The van der Waals surface area contributed by atoms with Gasteiger partial charge in [0.1, 0.15) is 27.8 Å². The Hall–Kier alpha value is -3.23. The smallest absolute Gasteiger partial charge is 0.162 e. The summed E-state index contributed by atoms with van der Waals surface area (Å²) < 4.78 is 3.21. The van der Waals surface area contributed by atoms with Gasteiger partial charge in [0.05, 0.1) is 13.8 Å². The number of rotatable bonds is 9. The van der Waals surface area contributed by atoms with Crippen LogP contribution in [0.5, 0.6) is 0 Å². The maximum Gasteiger partial charge on any atom is 0.162 e. The van der Waals surface area contributed by atoms with E-state index < -0.39 is 8.07 Å². The summed E-state index contributed by atoms with van der Waals surface area (Å²) >= 11 is 1.71. The molecule has 255 valence electrons. The van der Waals surface area contributed by atoms with E-state index in [1.807, 2.05) is 45.9 Å². The minimum atomic E-state index is -1.60. The Labute approximate surface area is 303 Å². The van der Waals surface area contributed by atoms with Gasteiger partial charge in [-0.15, -0.1) is 40.1 Å². The van der Waals surface area contributed by atoms with Crippen molar-refractivity contribution in [3.8, 4) is 11.3 Å². The summed E-state index contributed by atoms with van der Waals surface area (Å²) in [6.45, 7) is 19.7. The van der Waals surface area contributed by atoms with Crippen LogP contribution < -0.4 is 5.19 Å². The van der Waals surface area contributed by atoms with Crippen molar-refractivity contribution in [1.82, 2.24) is 19.4 Å². The predicted octanol–water partition coefficient (Wildman–Crippen LogP) is 10.1. The zero-order chi connectivity index (χ0) is 34.0. The fourth-order valence-corrected chi connectivity index (χ4v) is 9.01. The molecule has 0 spiro atoms. The van der Waals surface area contributed by atoms with E-state index in [4.69, 9.17) is 9.97 Å². The molecular weight excluding hydrogens is 809 g/mol. The average Bonchev–Trinajstić information content (AvgIpc) is 3.59. The first-order valence-electron chi connectivity index (χ1n) is 16.8. The standard InChI is InChI=1S/C26H23N4SSi.C13H24O2.Ir/c1-15-10-17-12-18(13-20(32(3,4)5)19(17)11-16(15)2)22-25-23(28-14-27-22)24-26(31-25)30-9-7-6-8-21(30)29-24;1-5-10(6-2)12(14)9-13(15)11(7-3)8-4;/h6-11,13-14H,1-5H3;9-11,14H,5-8H2,1-4H3;/q-1;;/b;12-9-;. The third kappa shape index (κ3) is 7.50. The predicted molar refractivity (Wildman–Crippen MR) is 202 cm³/mol. The zero-order valence-electron chi connectivity index (χ0n) is 29.6. The number of carbonyl (C=O) groups is 1. The summed E-state index contributed by atoms with van der Waals surface area (Å²) in [5.41, 5.74) is 7.42. The van der Waals surface area contributed by atoms with Gasteiger partial charge in [-0.3, -0.25) is 14.2 Å². The minimum absolute atomic E-state index is 0. The minimum Gasteiger partial charge on any atom is -0.512 e. The van der Waals surface area contributed by atoms with E-state index in [9.17, 15) is 9.90 Å². The third-order valence-electron chi connectivity index (χ3n) is 9.34. The maximum absolute atomic E-state index is 11.7. The number of pyridine rings is 1. The molecule has 0 saturated heterocycles. The molecule has 0 unspecified atom stereocenters. The Kier molecular flexibility index (Phi) is 12.2. The van der Waals surface area contributed by atoms with Gasteiger partial charge in [0.15, 0.2) is 5.78 Å². The van der Waals surface area contributed by atoms with E-state index in [1.165, 1.54) is 33.2 Å². The van der Waals surface area contributed by atoms with Crippen molar-refractivity contribution in [3.63, 3.8) is 0 Å². The molecule has 1 radical (unpaired) electrons. The first-order chi connectivity index (χ1) is 22.4. The van der Waals surface area contributed by atoms with Crippen molar-refractivity contribution in [3.05, 3.63) is 78.0 Å². The van der Waals surface area contributed by atoms with Crippen molar-refractivity contribution in [2.24, 2.45) is 11.8 Å². The number of nitrogens with zero attached hydrogens (tertiary/aromatic N) is 4. The second-order valence-corrected chi connectivity index (χ2v) is 19.6. The van der Waals surface area contributed by atoms with Crippen molar-refractivity contribution in [2.75, 3.05) is 0 Å². The van der Waals surface area contributed by atoms with Crippen molar-refractivity contribution in [1.29, 1.82) is 0 Å². The normalized spacial score (nSPS) is 12.3. The topological polar surface area (TPSA) is 80.4 Å². The molecule has 6 aromatic rings. The van der Waals surface area contributed by atoms with Gasteiger partial charge in [-0.05, 0) is 51.7 Å². The number of carbonyl (C=O) groups excluding carboxylic acids is 1. The largest absolute Gasteiger partial charge is 0.512 e. The molecule has 4 aromatic heterocycles. The van der Waals surface area contributed by atoms with E-state index >= 15 is 0 Å². The Balaban J connectivity index is 0.000000279. The molecule has 0 amide bonds. The quantitative estimate of drug-likeness (QED) is 0.0678. The van der Waals surface area contributed by atoms with Gasteiger partial charge in [-0.25, -0.2) is 9.97 Å². The molecule has 0 fully saturated rings. The SMILES string of the molecule is CCC(CC)C(=O)/C=C(\O)C(CC)CC.Cc1cc2[c-]c(-c3ncnc4c3sc3c4nc4ccccn43)cc([Si](C)(C)C)c2cc1C.[Ir]. The molecule has 0 saturated carbocycles. The molecule has 4 heterocycles. The molecule has 6 rings (SSSR count). The van der Waals surface area contributed by atoms with Gasteiger partial charge < -0.3 is 5.11 Å². The van der Waals surface area contributed by atoms with E-state index in [-0.39, 0.29) is 43.5 Å². The summed E-state index contributed by atoms with van der Waals surface area (Å²) in [6.07, 6.45) is 8.63. The fourth-order valence-electron chi connectivity index (χ4n) is 6.23. The van der Waals surface area contributed by atoms with Crippen LogP contribution in [0.1, 0.15) is 64.5 Å². The number of hydrogen-bond acceptors (Lipinski definition) is 6. The number of ketones is 1. The molecule has 6 nitrogen and oxygen atoms in total. The fraction of sp³-hybridized carbons (Fsp3) is 0.385. The van der Waals surface area contributed by atoms with Crippen LogP contribution in [0.4, 0.5) is 0 Å². The Bertz CT molecular complexity index is 2100. The number of fused-ring (bicyclic) bond motifs is 6. The van der Waals surface area contributed by atoms with Crippen LogP contribution in [0.2, 0.25) is 19.6 Å². The maximum atomic E-state index is 11.7. The molecule has 0 aliphatic carbocycles. The number of aliphatic hydroxyl groups is 1. The average molecular weight is 856 g/mol. The Morgan fingerprint density at radius 1 is 0.958 bits per heavy atom. The second-order valence-electron chi connectivity index (χ2n) is 13.5. The van der Waals surface area contributed by atoms with E-state index in [0.29, 0.717) is 0 Å². The number of allylic oxidation sites excluding steroid dienone is 2. The van der Waals surface area contributed by atoms with Crippen molar-refractivity contribution in [2.45, 2.75) is 86.9 Å². The van der Waals surface area contributed by atoms with Crippen LogP contribution in [-0.2, 0) is 24.9 Å². The van der Waals surface area contributed by atoms with Gasteiger partial charge in [-0.1, -0.05) is 81.5 Å². The molecule has 0 aliphatic rings. The van der Waals surface area contributed by atoms with Gasteiger partial charge in [0.25, 0.3) is 0 Å². The molecule has 0 aliphatic heterocycles. The molecule has 2 aromatic carbocycles. The second kappa shape index (κ2) is 15.5. The van der Waals surface area contributed by atoms with Crippen molar-refractivity contribution >= 4 is 67.4 Å². The number of imidazole rings is 1. The summed E-state index contributed by atoms with van der Waals surface area (Å²) in [6, 6.07) is 16.7. The van der Waals surface area contributed by atoms with Crippen LogP contribution >= 0.6 is 11.3 Å². The molecule has 1 N–H and O–H groups in total. The van der Waals surface area contributed by atoms with Gasteiger partial charge in [0, 0.05) is 54.6 Å². The number of aliphatic hydroxyl groups excluding tert-OH is 1. The number of hydrogen-bond donors (Lipinski definition) is 1. The molecule has 9 heteroatoms. The first-order valence-corrected chi connectivity index (χ1v) is 21.2. The summed E-state index contributed by atoms with van der Waals surface area (Å²) in [7, 11) is -1.60. The van der Waals surface area contributed by atoms with Crippen LogP contribution in [0.15, 0.2) is 60.8 Å². The van der Waals surface area contributed by atoms with Gasteiger partial charge >= 0.3 is 0 Å². The van der Waals surface area contributed by atoms with E-state index in [0.717, 1.165) is 63.2 Å². The zero-order valence-corrected chi connectivity index (χ0v) is 33.8. The Morgan fingerprint density at radius 2 is 1.62 bits per heavy atom. The third-order valence-corrected chi connectivity index (χ3v) is 12.5. The summed E-state index contributed by atoms with van der Waals surface area (Å²) in [5, 5.41) is 13.7. The molecular formula is C39H47IrN4O2SSi-. The van der Waals surface area contributed by atoms with Crippen LogP contribution in [0.3, 0.4) is 0 Å². The first kappa shape index (κ1) is 37.6. The molecule has 48 heavy (non-hydrogen) atoms. The monoisotopic (exact) mass is 856 g/mol. The van der Waals surface area contributed by atoms with Crippen LogP contribution in [0, 0.1) is 31.7 Å². The van der Waals surface area contributed by atoms with E-state index in [1.54, 1.807) is 17.7 Å². The molecule has 0 bridgehead atoms. The summed E-state index contributed by atoms with van der Waals surface area (Å²) in [5.74, 6) is 0.547. The summed E-state index contributed by atoms with van der Waals surface area (Å²) in [4.78, 5) is 27.0. The number of aromatic nitrogens is 4. The van der Waals surface area contributed by atoms with Gasteiger partial charge in [0.2, 0.25) is 0 Å². The van der Waals surface area contributed by atoms with Crippen LogP contribution in [0.25, 0.3) is 48.2 Å². The Morgan fingerprint density at radius 3 is 2.27 bits per heavy atom. The number of thiophene rings is 1. The van der Waals surface area contributed by atoms with Crippen molar-refractivity contribution < 1.29 is 30.0 Å². The number of aryl methyl sites for hydroxylation is 2. The molecule has 0 atom stereocenters. The number of benzene rings is 2. The van der Waals surface area contributed by atoms with Crippen LogP contribution in [-0.4, -0.2) is 38.3 Å².